The summed E-state index contributed by atoms with van der Waals surface area (Å²) in [6.07, 6.45) is 2.87. The molecule has 2 nitrogen and oxygen atoms in total. The van der Waals surface area contributed by atoms with E-state index < -0.39 is 0 Å². The molecule has 0 aromatic heterocycles. The number of halogens is 1. The van der Waals surface area contributed by atoms with Crippen molar-refractivity contribution in [1.82, 2.24) is 5.32 Å². The van der Waals surface area contributed by atoms with Crippen molar-refractivity contribution in [3.8, 4) is 0 Å². The predicted octanol–water partition coefficient (Wildman–Crippen LogP) is 4.46. The Kier molecular flexibility index (Phi) is 5.39. The molecule has 1 amide bonds. The van der Waals surface area contributed by atoms with Gasteiger partial charge in [-0.2, -0.15) is 0 Å². The number of benzene rings is 1. The van der Waals surface area contributed by atoms with Crippen LogP contribution in [0.15, 0.2) is 22.7 Å². The number of carbonyl (C=O) groups is 1. The second-order valence-electron chi connectivity index (χ2n) is 4.71. The zero-order valence-corrected chi connectivity index (χ0v) is 13.2. The lowest BCUT2D eigenvalue weighted by Gasteiger charge is -2.32. The highest BCUT2D eigenvalue weighted by molar-refractivity contribution is 9.10. The molecule has 1 rings (SSSR count). The third-order valence-corrected chi connectivity index (χ3v) is 4.78. The smallest absolute Gasteiger partial charge is 0.252 e. The summed E-state index contributed by atoms with van der Waals surface area (Å²) in [5, 5.41) is 3.20. The molecule has 0 aliphatic rings. The van der Waals surface area contributed by atoms with Crippen LogP contribution in [0.1, 0.15) is 56.0 Å². The summed E-state index contributed by atoms with van der Waals surface area (Å²) in [6.45, 7) is 8.34. The maximum Gasteiger partial charge on any atom is 0.252 e. The average molecular weight is 312 g/mol. The second-order valence-corrected chi connectivity index (χ2v) is 5.56. The number of hydrogen-bond donors (Lipinski definition) is 1. The normalized spacial score (nSPS) is 11.4. The van der Waals surface area contributed by atoms with Crippen LogP contribution in [0, 0.1) is 6.92 Å². The minimum absolute atomic E-state index is 0.0272. The zero-order chi connectivity index (χ0) is 13.8. The van der Waals surface area contributed by atoms with Gasteiger partial charge in [0.25, 0.3) is 5.91 Å². The summed E-state index contributed by atoms with van der Waals surface area (Å²) in [7, 11) is 0. The van der Waals surface area contributed by atoms with E-state index in [0.717, 1.165) is 34.9 Å². The van der Waals surface area contributed by atoms with Crippen LogP contribution >= 0.6 is 15.9 Å². The highest BCUT2D eigenvalue weighted by atomic mass is 79.9. The Morgan fingerprint density at radius 1 is 1.22 bits per heavy atom. The van der Waals surface area contributed by atoms with Crippen LogP contribution < -0.4 is 5.32 Å². The molecular weight excluding hydrogens is 290 g/mol. The van der Waals surface area contributed by atoms with E-state index in [-0.39, 0.29) is 11.4 Å². The molecule has 0 aliphatic heterocycles. The van der Waals surface area contributed by atoms with E-state index in [1.165, 1.54) is 0 Å². The minimum atomic E-state index is -0.0775. The molecule has 0 saturated heterocycles. The molecule has 0 bridgehead atoms. The van der Waals surface area contributed by atoms with E-state index in [0.29, 0.717) is 0 Å². The Morgan fingerprint density at radius 3 is 2.28 bits per heavy atom. The summed E-state index contributed by atoms with van der Waals surface area (Å²) in [5.41, 5.74) is 1.67. The first-order valence-electron chi connectivity index (χ1n) is 6.57. The molecule has 0 spiro atoms. The van der Waals surface area contributed by atoms with Gasteiger partial charge >= 0.3 is 0 Å². The van der Waals surface area contributed by atoms with Gasteiger partial charge in [-0.25, -0.2) is 0 Å². The summed E-state index contributed by atoms with van der Waals surface area (Å²) < 4.78 is 0.977. The first-order chi connectivity index (χ1) is 8.49. The molecule has 0 saturated carbocycles. The average Bonchev–Trinajstić information content (AvgIpc) is 2.39. The molecule has 0 aliphatic carbocycles. The SMILES string of the molecule is CCC(CC)(CC)NC(=O)c1cccc(Br)c1C. The second kappa shape index (κ2) is 6.37. The quantitative estimate of drug-likeness (QED) is 0.854. The molecule has 100 valence electrons. The van der Waals surface area contributed by atoms with Gasteiger partial charge < -0.3 is 5.32 Å². The number of amides is 1. The van der Waals surface area contributed by atoms with Crippen molar-refractivity contribution in [1.29, 1.82) is 0 Å². The van der Waals surface area contributed by atoms with Crippen molar-refractivity contribution < 1.29 is 4.79 Å². The Balaban J connectivity index is 2.98. The lowest BCUT2D eigenvalue weighted by Crippen LogP contribution is -2.47. The summed E-state index contributed by atoms with van der Waals surface area (Å²) in [6, 6.07) is 5.73. The van der Waals surface area contributed by atoms with Crippen molar-refractivity contribution in [3.05, 3.63) is 33.8 Å². The van der Waals surface area contributed by atoms with Crippen molar-refractivity contribution in [2.24, 2.45) is 0 Å². The minimum Gasteiger partial charge on any atom is -0.347 e. The number of carbonyl (C=O) groups excluding carboxylic acids is 1. The van der Waals surface area contributed by atoms with Gasteiger partial charge in [-0.1, -0.05) is 42.8 Å². The fourth-order valence-corrected chi connectivity index (χ4v) is 2.54. The van der Waals surface area contributed by atoms with Crippen molar-refractivity contribution >= 4 is 21.8 Å². The van der Waals surface area contributed by atoms with Crippen molar-refractivity contribution in [3.63, 3.8) is 0 Å². The topological polar surface area (TPSA) is 29.1 Å². The van der Waals surface area contributed by atoms with E-state index >= 15 is 0 Å². The van der Waals surface area contributed by atoms with Crippen LogP contribution in [-0.4, -0.2) is 11.4 Å². The number of rotatable bonds is 5. The van der Waals surface area contributed by atoms with Gasteiger partial charge in [0.1, 0.15) is 0 Å². The Labute approximate surface area is 118 Å². The van der Waals surface area contributed by atoms with Crippen LogP contribution in [-0.2, 0) is 0 Å². The Hall–Kier alpha value is -0.830. The summed E-state index contributed by atoms with van der Waals surface area (Å²) in [5.74, 6) is 0.0272. The van der Waals surface area contributed by atoms with Crippen LogP contribution in [0.4, 0.5) is 0 Å². The Morgan fingerprint density at radius 2 is 1.78 bits per heavy atom. The van der Waals surface area contributed by atoms with Gasteiger partial charge in [0.2, 0.25) is 0 Å². The van der Waals surface area contributed by atoms with Gasteiger partial charge in [0.15, 0.2) is 0 Å². The molecule has 0 fully saturated rings. The predicted molar refractivity (Wildman–Crippen MR) is 79.9 cm³/mol. The van der Waals surface area contributed by atoms with E-state index in [4.69, 9.17) is 0 Å². The van der Waals surface area contributed by atoms with Gasteiger partial charge in [0.05, 0.1) is 0 Å². The largest absolute Gasteiger partial charge is 0.347 e. The van der Waals surface area contributed by atoms with Crippen LogP contribution in [0.3, 0.4) is 0 Å². The monoisotopic (exact) mass is 311 g/mol. The number of hydrogen-bond acceptors (Lipinski definition) is 1. The summed E-state index contributed by atoms with van der Waals surface area (Å²) in [4.78, 5) is 12.4. The standard InChI is InChI=1S/C15H22BrNO/c1-5-15(6-2,7-3)17-14(18)12-9-8-10-13(16)11(12)4/h8-10H,5-7H2,1-4H3,(H,17,18). The summed E-state index contributed by atoms with van der Waals surface area (Å²) >= 11 is 3.47. The highest BCUT2D eigenvalue weighted by Crippen LogP contribution is 2.23. The number of nitrogens with one attached hydrogen (secondary N) is 1. The molecular formula is C15H22BrNO. The van der Waals surface area contributed by atoms with E-state index in [2.05, 4.69) is 42.0 Å². The molecule has 1 N–H and O–H groups in total. The van der Waals surface area contributed by atoms with Crippen molar-refractivity contribution in [2.75, 3.05) is 0 Å². The first kappa shape index (κ1) is 15.2. The molecule has 0 heterocycles. The van der Waals surface area contributed by atoms with E-state index in [9.17, 15) is 4.79 Å². The molecule has 0 unspecified atom stereocenters. The highest BCUT2D eigenvalue weighted by Gasteiger charge is 2.26. The maximum atomic E-state index is 12.4. The third kappa shape index (κ3) is 3.14. The van der Waals surface area contributed by atoms with Gasteiger partial charge in [-0.15, -0.1) is 0 Å². The van der Waals surface area contributed by atoms with Gasteiger partial charge in [-0.3, -0.25) is 4.79 Å². The van der Waals surface area contributed by atoms with Gasteiger partial charge in [0, 0.05) is 15.6 Å². The van der Waals surface area contributed by atoms with E-state index in [1.54, 1.807) is 0 Å². The Bertz CT molecular complexity index is 416. The molecule has 1 aromatic rings. The molecule has 3 heteroatoms. The van der Waals surface area contributed by atoms with Crippen LogP contribution in [0.25, 0.3) is 0 Å². The molecule has 0 radical (unpaired) electrons. The fraction of sp³-hybridized carbons (Fsp3) is 0.533. The molecule has 0 atom stereocenters. The van der Waals surface area contributed by atoms with Crippen LogP contribution in [0.2, 0.25) is 0 Å². The molecule has 18 heavy (non-hydrogen) atoms. The lowest BCUT2D eigenvalue weighted by molar-refractivity contribution is 0.0887. The maximum absolute atomic E-state index is 12.4. The third-order valence-electron chi connectivity index (χ3n) is 3.92. The fourth-order valence-electron chi connectivity index (χ4n) is 2.18. The lowest BCUT2D eigenvalue weighted by atomic mass is 9.89. The zero-order valence-electron chi connectivity index (χ0n) is 11.6. The first-order valence-corrected chi connectivity index (χ1v) is 7.36. The van der Waals surface area contributed by atoms with Gasteiger partial charge in [-0.05, 0) is 43.9 Å². The molecule has 1 aromatic carbocycles. The van der Waals surface area contributed by atoms with Crippen LogP contribution in [0.5, 0.6) is 0 Å². The van der Waals surface area contributed by atoms with E-state index in [1.807, 2.05) is 25.1 Å². The van der Waals surface area contributed by atoms with Crippen molar-refractivity contribution in [2.45, 2.75) is 52.5 Å².